The molecule has 7 nitrogen and oxygen atoms in total. The molecule has 2 N–H and O–H groups in total. The highest BCUT2D eigenvalue weighted by molar-refractivity contribution is 7.92. The third-order valence-electron chi connectivity index (χ3n) is 5.77. The highest BCUT2D eigenvalue weighted by Crippen LogP contribution is 2.39. The number of sulfone groups is 1. The Hall–Kier alpha value is -1.84. The maximum atomic E-state index is 13.1. The zero-order valence-corrected chi connectivity index (χ0v) is 17.7. The van der Waals surface area contributed by atoms with Crippen LogP contribution in [0, 0.1) is 6.92 Å². The summed E-state index contributed by atoms with van der Waals surface area (Å²) in [6, 6.07) is 7.13. The third-order valence-corrected chi connectivity index (χ3v) is 8.08. The molecule has 0 radical (unpaired) electrons. The summed E-state index contributed by atoms with van der Waals surface area (Å²) in [7, 11) is -4.17. The van der Waals surface area contributed by atoms with Crippen molar-refractivity contribution in [2.75, 3.05) is 5.32 Å². The van der Waals surface area contributed by atoms with Crippen molar-refractivity contribution in [2.45, 2.75) is 68.8 Å². The first kappa shape index (κ1) is 19.5. The van der Waals surface area contributed by atoms with Crippen molar-refractivity contribution in [3.05, 3.63) is 30.0 Å². The summed E-state index contributed by atoms with van der Waals surface area (Å²) < 4.78 is 38.5. The van der Waals surface area contributed by atoms with Crippen LogP contribution in [0.15, 0.2) is 29.2 Å². The lowest BCUT2D eigenvalue weighted by Crippen LogP contribution is -2.41. The molecule has 0 amide bonds. The molecule has 28 heavy (non-hydrogen) atoms. The molecule has 150 valence electrons. The van der Waals surface area contributed by atoms with Crippen LogP contribution in [0.25, 0.3) is 0 Å². The van der Waals surface area contributed by atoms with Gasteiger partial charge in [-0.05, 0) is 59.6 Å². The van der Waals surface area contributed by atoms with Crippen LogP contribution in [0.3, 0.4) is 0 Å². The molecule has 9 heteroatoms. The van der Waals surface area contributed by atoms with E-state index in [4.69, 9.17) is 9.31 Å². The molecule has 0 unspecified atom stereocenters. The molecule has 1 aliphatic heterocycles. The monoisotopic (exact) mass is 403 g/mol. The van der Waals surface area contributed by atoms with E-state index in [9.17, 15) is 8.42 Å². The second kappa shape index (κ2) is 6.33. The summed E-state index contributed by atoms with van der Waals surface area (Å²) in [6.45, 7) is 9.73. The number of nitrogens with one attached hydrogen (secondary N) is 2. The largest absolute Gasteiger partial charge is 0.496 e. The van der Waals surface area contributed by atoms with E-state index in [0.29, 0.717) is 29.8 Å². The summed E-state index contributed by atoms with van der Waals surface area (Å²) in [4.78, 5) is 0.269. The smallest absolute Gasteiger partial charge is 0.399 e. The SMILES string of the molecule is Cc1cc(Nc2ccc(B3OC(C)(C)C(C)(C)O3)c(S(=O)(=O)C3CC3)c2)n[nH]1. The molecule has 0 atom stereocenters. The van der Waals surface area contributed by atoms with Gasteiger partial charge >= 0.3 is 7.12 Å². The third kappa shape index (κ3) is 3.36. The van der Waals surface area contributed by atoms with Gasteiger partial charge in [-0.15, -0.1) is 0 Å². The molecule has 1 saturated carbocycles. The van der Waals surface area contributed by atoms with Gasteiger partial charge in [0.15, 0.2) is 15.7 Å². The van der Waals surface area contributed by atoms with Crippen LogP contribution in [-0.2, 0) is 19.1 Å². The fourth-order valence-corrected chi connectivity index (χ4v) is 5.11. The van der Waals surface area contributed by atoms with Gasteiger partial charge in [0.05, 0.1) is 21.3 Å². The van der Waals surface area contributed by atoms with E-state index in [-0.39, 0.29) is 10.1 Å². The Labute approximate surface area is 166 Å². The van der Waals surface area contributed by atoms with Gasteiger partial charge in [-0.25, -0.2) is 8.42 Å². The van der Waals surface area contributed by atoms with E-state index in [0.717, 1.165) is 5.69 Å². The van der Waals surface area contributed by atoms with Crippen molar-refractivity contribution >= 4 is 33.9 Å². The molecular formula is C19H26BN3O4S. The fraction of sp³-hybridized carbons (Fsp3) is 0.526. The van der Waals surface area contributed by atoms with Crippen molar-refractivity contribution in [2.24, 2.45) is 0 Å². The Morgan fingerprint density at radius 3 is 2.32 bits per heavy atom. The van der Waals surface area contributed by atoms with Gasteiger partial charge in [-0.1, -0.05) is 6.07 Å². The number of rotatable bonds is 5. The van der Waals surface area contributed by atoms with Gasteiger partial charge in [0.25, 0.3) is 0 Å². The lowest BCUT2D eigenvalue weighted by molar-refractivity contribution is 0.00578. The van der Waals surface area contributed by atoms with Gasteiger partial charge in [0.2, 0.25) is 0 Å². The number of H-pyrrole nitrogens is 1. The second-order valence-corrected chi connectivity index (χ2v) is 10.8. The summed E-state index contributed by atoms with van der Waals surface area (Å²) >= 11 is 0. The first-order valence-corrected chi connectivity index (χ1v) is 11.1. The fourth-order valence-electron chi connectivity index (χ4n) is 3.21. The first-order valence-electron chi connectivity index (χ1n) is 9.52. The Morgan fingerprint density at radius 2 is 1.79 bits per heavy atom. The maximum absolute atomic E-state index is 13.1. The number of aromatic amines is 1. The lowest BCUT2D eigenvalue weighted by atomic mass is 9.79. The van der Waals surface area contributed by atoms with Crippen LogP contribution in [0.1, 0.15) is 46.2 Å². The van der Waals surface area contributed by atoms with E-state index >= 15 is 0 Å². The molecule has 1 aromatic heterocycles. The van der Waals surface area contributed by atoms with Crippen molar-refractivity contribution in [3.63, 3.8) is 0 Å². The quantitative estimate of drug-likeness (QED) is 0.746. The molecule has 4 rings (SSSR count). The van der Waals surface area contributed by atoms with E-state index in [2.05, 4.69) is 15.5 Å². The second-order valence-electron chi connectivity index (χ2n) is 8.65. The van der Waals surface area contributed by atoms with Crippen LogP contribution in [0.2, 0.25) is 0 Å². The highest BCUT2D eigenvalue weighted by Gasteiger charge is 2.53. The zero-order valence-electron chi connectivity index (χ0n) is 16.9. The van der Waals surface area contributed by atoms with Gasteiger partial charge in [0, 0.05) is 22.9 Å². The van der Waals surface area contributed by atoms with Crippen LogP contribution in [0.4, 0.5) is 11.5 Å². The number of hydrogen-bond donors (Lipinski definition) is 2. The van der Waals surface area contributed by atoms with Crippen LogP contribution in [-0.4, -0.2) is 42.2 Å². The number of hydrogen-bond acceptors (Lipinski definition) is 6. The summed E-state index contributed by atoms with van der Waals surface area (Å²) in [5.41, 5.74) is 1.05. The van der Waals surface area contributed by atoms with Crippen molar-refractivity contribution < 1.29 is 17.7 Å². The average molecular weight is 403 g/mol. The minimum absolute atomic E-state index is 0.269. The molecule has 0 spiro atoms. The van der Waals surface area contributed by atoms with E-state index in [1.165, 1.54) is 0 Å². The molecule has 2 fully saturated rings. The predicted octanol–water partition coefficient (Wildman–Crippen LogP) is 2.70. The molecule has 1 aromatic carbocycles. The lowest BCUT2D eigenvalue weighted by Gasteiger charge is -2.32. The average Bonchev–Trinajstić information content (AvgIpc) is 3.34. The predicted molar refractivity (Wildman–Crippen MR) is 109 cm³/mol. The van der Waals surface area contributed by atoms with E-state index < -0.39 is 28.2 Å². The Bertz CT molecular complexity index is 996. The molecule has 2 heterocycles. The molecule has 2 aliphatic rings. The minimum Gasteiger partial charge on any atom is -0.399 e. The van der Waals surface area contributed by atoms with Gasteiger partial charge < -0.3 is 14.6 Å². The topological polar surface area (TPSA) is 93.3 Å². The molecular weight excluding hydrogens is 377 g/mol. The standard InChI is InChI=1S/C19H26BN3O4S/c1-12-10-17(23-22-12)21-13-6-9-15(16(11-13)28(24,25)14-7-8-14)20-26-18(2,3)19(4,5)27-20/h6,9-11,14H,7-8H2,1-5H3,(H2,21,22,23). The van der Waals surface area contributed by atoms with Crippen molar-refractivity contribution in [1.29, 1.82) is 0 Å². The normalized spacial score (nSPS) is 21.1. The number of aryl methyl sites for hydroxylation is 1. The Morgan fingerprint density at radius 1 is 1.14 bits per heavy atom. The maximum Gasteiger partial charge on any atom is 0.496 e. The van der Waals surface area contributed by atoms with Crippen LogP contribution >= 0.6 is 0 Å². The van der Waals surface area contributed by atoms with Crippen LogP contribution in [0.5, 0.6) is 0 Å². The van der Waals surface area contributed by atoms with Gasteiger partial charge in [-0.2, -0.15) is 5.10 Å². The summed E-state index contributed by atoms with van der Waals surface area (Å²) in [5.74, 6) is 0.635. The Kier molecular flexibility index (Phi) is 4.41. The van der Waals surface area contributed by atoms with E-state index in [1.54, 1.807) is 12.1 Å². The van der Waals surface area contributed by atoms with Crippen LogP contribution < -0.4 is 10.8 Å². The summed E-state index contributed by atoms with van der Waals surface area (Å²) in [6.07, 6.45) is 1.39. The molecule has 0 bridgehead atoms. The molecule has 1 aliphatic carbocycles. The van der Waals surface area contributed by atoms with Crippen molar-refractivity contribution in [1.82, 2.24) is 10.2 Å². The van der Waals surface area contributed by atoms with Gasteiger partial charge in [-0.3, -0.25) is 5.10 Å². The van der Waals surface area contributed by atoms with E-state index in [1.807, 2.05) is 46.8 Å². The number of aromatic nitrogens is 2. The summed E-state index contributed by atoms with van der Waals surface area (Å²) in [5, 5.41) is 9.85. The highest BCUT2D eigenvalue weighted by atomic mass is 32.2. The number of anilines is 2. The van der Waals surface area contributed by atoms with Gasteiger partial charge in [0.1, 0.15) is 0 Å². The number of benzene rings is 1. The molecule has 2 aromatic rings. The molecule has 1 saturated heterocycles. The Balaban J connectivity index is 1.74. The first-order chi connectivity index (χ1) is 13.0. The minimum atomic E-state index is -3.45. The zero-order chi connectivity index (χ0) is 20.3. The number of nitrogens with zero attached hydrogens (tertiary/aromatic N) is 1. The van der Waals surface area contributed by atoms with Crippen molar-refractivity contribution in [3.8, 4) is 0 Å².